The highest BCUT2D eigenvalue weighted by atomic mass is 35.5. The number of halogens is 2. The van der Waals surface area contributed by atoms with Crippen LogP contribution in [0.25, 0.3) is 6.08 Å². The second kappa shape index (κ2) is 8.28. The molecule has 0 radical (unpaired) electrons. The highest BCUT2D eigenvalue weighted by Gasteiger charge is 2.19. The molecule has 0 bridgehead atoms. The summed E-state index contributed by atoms with van der Waals surface area (Å²) in [5, 5.41) is 0.631. The van der Waals surface area contributed by atoms with Gasteiger partial charge in [-0.25, -0.2) is 4.39 Å². The van der Waals surface area contributed by atoms with Gasteiger partial charge >= 0.3 is 0 Å². The maximum absolute atomic E-state index is 13.3. The van der Waals surface area contributed by atoms with Crippen LogP contribution < -0.4 is 0 Å². The van der Waals surface area contributed by atoms with E-state index in [0.717, 1.165) is 24.2 Å². The van der Waals surface area contributed by atoms with Crippen molar-refractivity contribution in [1.82, 2.24) is 9.80 Å². The lowest BCUT2D eigenvalue weighted by Crippen LogP contribution is -2.47. The summed E-state index contributed by atoms with van der Waals surface area (Å²) >= 11 is 6.09. The van der Waals surface area contributed by atoms with Gasteiger partial charge in [0, 0.05) is 43.8 Å². The van der Waals surface area contributed by atoms with E-state index >= 15 is 0 Å². The first-order valence-electron chi connectivity index (χ1n) is 8.30. The first-order valence-corrected chi connectivity index (χ1v) is 8.68. The van der Waals surface area contributed by atoms with Crippen LogP contribution in [0, 0.1) is 5.82 Å². The van der Waals surface area contributed by atoms with Gasteiger partial charge in [-0.3, -0.25) is 9.69 Å². The van der Waals surface area contributed by atoms with Crippen LogP contribution in [-0.2, 0) is 11.3 Å². The molecule has 130 valence electrons. The molecule has 0 atom stereocenters. The molecule has 1 amide bonds. The van der Waals surface area contributed by atoms with Crippen LogP contribution in [0.2, 0.25) is 5.02 Å². The third-order valence-electron chi connectivity index (χ3n) is 4.29. The van der Waals surface area contributed by atoms with Crippen molar-refractivity contribution in [2.75, 3.05) is 26.2 Å². The van der Waals surface area contributed by atoms with Crippen molar-refractivity contribution in [3.63, 3.8) is 0 Å². The van der Waals surface area contributed by atoms with Crippen LogP contribution in [0.1, 0.15) is 11.1 Å². The summed E-state index contributed by atoms with van der Waals surface area (Å²) in [6.45, 7) is 3.60. The molecule has 0 saturated carbocycles. The zero-order valence-electron chi connectivity index (χ0n) is 13.9. The predicted octanol–water partition coefficient (Wildman–Crippen LogP) is 3.84. The zero-order chi connectivity index (χ0) is 17.6. The van der Waals surface area contributed by atoms with Gasteiger partial charge in [-0.15, -0.1) is 0 Å². The minimum Gasteiger partial charge on any atom is -0.337 e. The Morgan fingerprint density at radius 3 is 2.56 bits per heavy atom. The molecule has 3 nitrogen and oxygen atoms in total. The van der Waals surface area contributed by atoms with E-state index in [4.69, 9.17) is 11.6 Å². The molecule has 1 saturated heterocycles. The molecule has 5 heteroatoms. The summed E-state index contributed by atoms with van der Waals surface area (Å²) in [4.78, 5) is 16.4. The van der Waals surface area contributed by atoms with E-state index in [9.17, 15) is 9.18 Å². The molecular formula is C20H20ClFN2O. The fourth-order valence-electron chi connectivity index (χ4n) is 2.90. The zero-order valence-corrected chi connectivity index (χ0v) is 14.6. The minimum atomic E-state index is -0.212. The highest BCUT2D eigenvalue weighted by Crippen LogP contribution is 2.16. The van der Waals surface area contributed by atoms with Gasteiger partial charge in [0.1, 0.15) is 5.82 Å². The van der Waals surface area contributed by atoms with Crippen LogP contribution in [0.4, 0.5) is 4.39 Å². The molecule has 2 aromatic carbocycles. The smallest absolute Gasteiger partial charge is 0.246 e. The van der Waals surface area contributed by atoms with Crippen molar-refractivity contribution in [3.8, 4) is 0 Å². The van der Waals surface area contributed by atoms with Crippen molar-refractivity contribution in [1.29, 1.82) is 0 Å². The molecule has 1 fully saturated rings. The summed E-state index contributed by atoms with van der Waals surface area (Å²) in [6.07, 6.45) is 3.33. The Kier molecular flexibility index (Phi) is 5.84. The van der Waals surface area contributed by atoms with Gasteiger partial charge in [0.2, 0.25) is 5.91 Å². The summed E-state index contributed by atoms with van der Waals surface area (Å²) in [6, 6.07) is 14.1. The van der Waals surface area contributed by atoms with Gasteiger partial charge in [-0.2, -0.15) is 0 Å². The molecule has 0 aliphatic carbocycles. The quantitative estimate of drug-likeness (QED) is 0.775. The van der Waals surface area contributed by atoms with Gasteiger partial charge < -0.3 is 4.90 Å². The van der Waals surface area contributed by atoms with E-state index in [1.165, 1.54) is 6.07 Å². The standard InChI is InChI=1S/C20H20ClFN2O/c21-19-7-2-1-5-17(19)8-9-20(25)24-12-10-23(11-13-24)15-16-4-3-6-18(22)14-16/h1-9,14H,10-13,15H2. The minimum absolute atomic E-state index is 0.00896. The fraction of sp³-hybridized carbons (Fsp3) is 0.250. The van der Waals surface area contributed by atoms with E-state index in [2.05, 4.69) is 4.90 Å². The Morgan fingerprint density at radius 1 is 1.08 bits per heavy atom. The number of nitrogens with zero attached hydrogens (tertiary/aromatic N) is 2. The number of benzene rings is 2. The van der Waals surface area contributed by atoms with E-state index in [1.54, 1.807) is 30.4 Å². The van der Waals surface area contributed by atoms with Crippen LogP contribution in [0.15, 0.2) is 54.6 Å². The van der Waals surface area contributed by atoms with Crippen molar-refractivity contribution in [2.45, 2.75) is 6.54 Å². The summed E-state index contributed by atoms with van der Waals surface area (Å²) in [7, 11) is 0. The monoisotopic (exact) mass is 358 g/mol. The molecular weight excluding hydrogens is 339 g/mol. The molecule has 0 unspecified atom stereocenters. The Balaban J connectivity index is 1.51. The fourth-order valence-corrected chi connectivity index (χ4v) is 3.10. The van der Waals surface area contributed by atoms with Crippen molar-refractivity contribution in [2.24, 2.45) is 0 Å². The number of piperazine rings is 1. The maximum atomic E-state index is 13.3. The molecule has 0 spiro atoms. The van der Waals surface area contributed by atoms with E-state index in [-0.39, 0.29) is 11.7 Å². The largest absolute Gasteiger partial charge is 0.337 e. The molecule has 2 aromatic rings. The summed E-state index contributed by atoms with van der Waals surface area (Å²) in [5.41, 5.74) is 1.79. The normalized spacial score (nSPS) is 15.7. The third kappa shape index (κ3) is 4.91. The lowest BCUT2D eigenvalue weighted by molar-refractivity contribution is -0.127. The number of rotatable bonds is 4. The Morgan fingerprint density at radius 2 is 1.84 bits per heavy atom. The average molecular weight is 359 g/mol. The van der Waals surface area contributed by atoms with Crippen LogP contribution in [0.5, 0.6) is 0 Å². The van der Waals surface area contributed by atoms with Gasteiger partial charge in [0.25, 0.3) is 0 Å². The predicted molar refractivity (Wildman–Crippen MR) is 98.7 cm³/mol. The second-order valence-electron chi connectivity index (χ2n) is 6.09. The van der Waals surface area contributed by atoms with Gasteiger partial charge in [0.05, 0.1) is 0 Å². The third-order valence-corrected chi connectivity index (χ3v) is 4.63. The molecule has 25 heavy (non-hydrogen) atoms. The van der Waals surface area contributed by atoms with E-state index < -0.39 is 0 Å². The van der Waals surface area contributed by atoms with Gasteiger partial charge in [0.15, 0.2) is 0 Å². The van der Waals surface area contributed by atoms with Crippen LogP contribution >= 0.6 is 11.6 Å². The Bertz CT molecular complexity index is 770. The average Bonchev–Trinajstić information content (AvgIpc) is 2.61. The lowest BCUT2D eigenvalue weighted by Gasteiger charge is -2.34. The first kappa shape index (κ1) is 17.6. The number of amides is 1. The lowest BCUT2D eigenvalue weighted by atomic mass is 10.2. The van der Waals surface area contributed by atoms with Crippen LogP contribution in [-0.4, -0.2) is 41.9 Å². The number of carbonyl (C=O) groups is 1. The van der Waals surface area contributed by atoms with E-state index in [1.807, 2.05) is 29.2 Å². The first-order chi connectivity index (χ1) is 12.1. The molecule has 1 aliphatic rings. The molecule has 1 aliphatic heterocycles. The number of hydrogen-bond acceptors (Lipinski definition) is 2. The maximum Gasteiger partial charge on any atom is 0.246 e. The summed E-state index contributed by atoms with van der Waals surface area (Å²) in [5.74, 6) is -0.221. The van der Waals surface area contributed by atoms with Gasteiger partial charge in [-0.05, 0) is 35.4 Å². The Hall–Kier alpha value is -2.17. The van der Waals surface area contributed by atoms with E-state index in [0.29, 0.717) is 24.7 Å². The highest BCUT2D eigenvalue weighted by molar-refractivity contribution is 6.32. The molecule has 1 heterocycles. The SMILES string of the molecule is O=C(C=Cc1ccccc1Cl)N1CCN(Cc2cccc(F)c2)CC1. The van der Waals surface area contributed by atoms with Gasteiger partial charge in [-0.1, -0.05) is 41.9 Å². The summed E-state index contributed by atoms with van der Waals surface area (Å²) < 4.78 is 13.3. The molecule has 0 N–H and O–H groups in total. The number of carbonyl (C=O) groups excluding carboxylic acids is 1. The number of hydrogen-bond donors (Lipinski definition) is 0. The van der Waals surface area contributed by atoms with Crippen molar-refractivity contribution < 1.29 is 9.18 Å². The molecule has 0 aromatic heterocycles. The topological polar surface area (TPSA) is 23.6 Å². The molecule has 3 rings (SSSR count). The van der Waals surface area contributed by atoms with Crippen molar-refractivity contribution in [3.05, 3.63) is 76.6 Å². The Labute approximate surface area is 152 Å². The van der Waals surface area contributed by atoms with Crippen molar-refractivity contribution >= 4 is 23.6 Å². The second-order valence-corrected chi connectivity index (χ2v) is 6.49. The van der Waals surface area contributed by atoms with Crippen LogP contribution in [0.3, 0.4) is 0 Å².